The molecule has 9 heteroatoms. The third-order valence-electron chi connectivity index (χ3n) is 4.80. The molecule has 32 heavy (non-hydrogen) atoms. The molecule has 0 amide bonds. The first-order valence-electron chi connectivity index (χ1n) is 9.77. The van der Waals surface area contributed by atoms with Gasteiger partial charge in [0.1, 0.15) is 11.5 Å². The Labute approximate surface area is 200 Å². The Morgan fingerprint density at radius 3 is 2.06 bits per heavy atom. The van der Waals surface area contributed by atoms with Gasteiger partial charge in [-0.15, -0.1) is 11.6 Å². The monoisotopic (exact) mass is 506 g/mol. The SMILES string of the molecule is CC(=O)CC(=O)C(F)(F)Oc1ccc(C(C)(C)c2cc(Cl)c(OCCCCl)c(Cl)c2)cc1. The summed E-state index contributed by atoms with van der Waals surface area (Å²) in [5.41, 5.74) is 0.965. The van der Waals surface area contributed by atoms with Crippen molar-refractivity contribution in [3.8, 4) is 11.5 Å². The largest absolute Gasteiger partial charge is 0.490 e. The van der Waals surface area contributed by atoms with E-state index in [-0.39, 0.29) is 5.75 Å². The van der Waals surface area contributed by atoms with Crippen LogP contribution in [0.1, 0.15) is 44.7 Å². The van der Waals surface area contributed by atoms with E-state index in [0.29, 0.717) is 34.7 Å². The van der Waals surface area contributed by atoms with Gasteiger partial charge in [-0.1, -0.05) is 49.2 Å². The minimum atomic E-state index is -4.09. The summed E-state index contributed by atoms with van der Waals surface area (Å²) in [7, 11) is 0. The molecule has 0 bridgehead atoms. The first-order valence-corrected chi connectivity index (χ1v) is 11.1. The van der Waals surface area contributed by atoms with Crippen LogP contribution >= 0.6 is 34.8 Å². The van der Waals surface area contributed by atoms with Crippen LogP contribution in [0.2, 0.25) is 10.0 Å². The Hall–Kier alpha value is -1.89. The fourth-order valence-corrected chi connectivity index (χ4v) is 3.63. The number of halogens is 5. The summed E-state index contributed by atoms with van der Waals surface area (Å²) >= 11 is 18.4. The lowest BCUT2D eigenvalue weighted by atomic mass is 9.78. The Morgan fingerprint density at radius 2 is 1.56 bits per heavy atom. The molecule has 0 spiro atoms. The third-order valence-corrected chi connectivity index (χ3v) is 5.63. The molecule has 0 fully saturated rings. The molecular formula is C23H23Cl3F2O4. The number of ketones is 2. The first-order chi connectivity index (χ1) is 14.9. The summed E-state index contributed by atoms with van der Waals surface area (Å²) in [5.74, 6) is -1.63. The third kappa shape index (κ3) is 6.56. The van der Waals surface area contributed by atoms with Crippen molar-refractivity contribution >= 4 is 46.4 Å². The van der Waals surface area contributed by atoms with Crippen LogP contribution in [0.4, 0.5) is 8.78 Å². The number of carbonyl (C=O) groups is 2. The summed E-state index contributed by atoms with van der Waals surface area (Å²) in [5, 5.41) is 0.692. The highest BCUT2D eigenvalue weighted by atomic mass is 35.5. The van der Waals surface area contributed by atoms with Crippen LogP contribution in [-0.2, 0) is 15.0 Å². The van der Waals surface area contributed by atoms with Crippen molar-refractivity contribution in [3.05, 3.63) is 57.6 Å². The number of carbonyl (C=O) groups excluding carboxylic acids is 2. The highest BCUT2D eigenvalue weighted by Crippen LogP contribution is 2.41. The molecule has 174 valence electrons. The molecule has 0 atom stereocenters. The van der Waals surface area contributed by atoms with Crippen LogP contribution in [0.15, 0.2) is 36.4 Å². The van der Waals surface area contributed by atoms with E-state index in [0.717, 1.165) is 18.1 Å². The van der Waals surface area contributed by atoms with Gasteiger partial charge < -0.3 is 9.47 Å². The van der Waals surface area contributed by atoms with Gasteiger partial charge in [0.15, 0.2) is 5.75 Å². The van der Waals surface area contributed by atoms with Gasteiger partial charge in [0.25, 0.3) is 5.78 Å². The molecule has 0 aromatic heterocycles. The van der Waals surface area contributed by atoms with E-state index in [2.05, 4.69) is 4.74 Å². The summed E-state index contributed by atoms with van der Waals surface area (Å²) in [6.07, 6.45) is -4.34. The lowest BCUT2D eigenvalue weighted by Crippen LogP contribution is -2.36. The second kappa shape index (κ2) is 10.8. The van der Waals surface area contributed by atoms with Crippen LogP contribution in [0.25, 0.3) is 0 Å². The number of Topliss-reactive ketones (excluding diaryl/α,β-unsaturated/α-hetero) is 2. The molecular weight excluding hydrogens is 485 g/mol. The van der Waals surface area contributed by atoms with E-state index in [9.17, 15) is 18.4 Å². The molecule has 0 radical (unpaired) electrons. The van der Waals surface area contributed by atoms with Crippen molar-refractivity contribution in [1.82, 2.24) is 0 Å². The topological polar surface area (TPSA) is 52.6 Å². The summed E-state index contributed by atoms with van der Waals surface area (Å²) in [4.78, 5) is 22.5. The maximum atomic E-state index is 13.9. The lowest BCUT2D eigenvalue weighted by molar-refractivity contribution is -0.190. The summed E-state index contributed by atoms with van der Waals surface area (Å²) in [6, 6.07) is 9.35. The molecule has 0 saturated heterocycles. The molecule has 0 aliphatic heterocycles. The normalized spacial score (nSPS) is 11.9. The predicted molar refractivity (Wildman–Crippen MR) is 122 cm³/mol. The van der Waals surface area contributed by atoms with E-state index in [1.54, 1.807) is 24.3 Å². The molecule has 0 aliphatic carbocycles. The van der Waals surface area contributed by atoms with Gasteiger partial charge >= 0.3 is 6.11 Å². The van der Waals surface area contributed by atoms with Crippen LogP contribution in [0.5, 0.6) is 11.5 Å². The van der Waals surface area contributed by atoms with Crippen LogP contribution in [0, 0.1) is 0 Å². The van der Waals surface area contributed by atoms with Crippen LogP contribution in [0.3, 0.4) is 0 Å². The lowest BCUT2D eigenvalue weighted by Gasteiger charge is -2.27. The van der Waals surface area contributed by atoms with Crippen molar-refractivity contribution in [1.29, 1.82) is 0 Å². The zero-order chi connectivity index (χ0) is 24.1. The number of ether oxygens (including phenoxy) is 2. The fraction of sp³-hybridized carbons (Fsp3) is 0.391. The van der Waals surface area contributed by atoms with Gasteiger partial charge in [-0.05, 0) is 48.7 Å². The number of benzene rings is 2. The molecule has 0 aliphatic rings. The maximum absolute atomic E-state index is 13.9. The van der Waals surface area contributed by atoms with Crippen molar-refractivity contribution < 1.29 is 27.8 Å². The highest BCUT2D eigenvalue weighted by Gasteiger charge is 2.42. The second-order valence-electron chi connectivity index (χ2n) is 7.73. The zero-order valence-electron chi connectivity index (χ0n) is 17.8. The highest BCUT2D eigenvalue weighted by molar-refractivity contribution is 6.37. The Kier molecular flexibility index (Phi) is 8.91. The number of hydrogen-bond donors (Lipinski definition) is 0. The molecule has 2 aromatic rings. The maximum Gasteiger partial charge on any atom is 0.461 e. The van der Waals surface area contributed by atoms with Gasteiger partial charge in [-0.2, -0.15) is 8.78 Å². The van der Waals surface area contributed by atoms with E-state index in [1.807, 2.05) is 13.8 Å². The van der Waals surface area contributed by atoms with Crippen LogP contribution < -0.4 is 9.47 Å². The van der Waals surface area contributed by atoms with E-state index in [4.69, 9.17) is 39.5 Å². The summed E-state index contributed by atoms with van der Waals surface area (Å²) in [6.45, 7) is 5.28. The smallest absolute Gasteiger partial charge is 0.461 e. The average molecular weight is 508 g/mol. The molecule has 2 rings (SSSR count). The first kappa shape index (κ1) is 26.4. The average Bonchev–Trinajstić information content (AvgIpc) is 2.69. The van der Waals surface area contributed by atoms with Gasteiger partial charge in [0, 0.05) is 11.3 Å². The molecule has 0 heterocycles. The standard InChI is InChI=1S/C23H23Cl3F2O4/c1-14(29)11-20(30)23(27,28)32-17-7-5-15(6-8-17)22(2,3)16-12-18(25)21(19(26)13-16)31-10-4-9-24/h5-8,12-13H,4,9-11H2,1-3H3. The fourth-order valence-electron chi connectivity index (χ4n) is 2.93. The Bertz CT molecular complexity index is 953. The van der Waals surface area contributed by atoms with Crippen LogP contribution in [-0.4, -0.2) is 30.2 Å². The van der Waals surface area contributed by atoms with Gasteiger partial charge in [-0.3, -0.25) is 9.59 Å². The minimum Gasteiger partial charge on any atom is -0.490 e. The zero-order valence-corrected chi connectivity index (χ0v) is 20.1. The minimum absolute atomic E-state index is 0.203. The predicted octanol–water partition coefficient (Wildman–Crippen LogP) is 6.85. The molecule has 4 nitrogen and oxygen atoms in total. The van der Waals surface area contributed by atoms with E-state index < -0.39 is 29.5 Å². The molecule has 2 aromatic carbocycles. The molecule has 0 unspecified atom stereocenters. The molecule has 0 saturated carbocycles. The quantitative estimate of drug-likeness (QED) is 0.190. The van der Waals surface area contributed by atoms with Crippen molar-refractivity contribution in [3.63, 3.8) is 0 Å². The number of alkyl halides is 3. The van der Waals surface area contributed by atoms with E-state index >= 15 is 0 Å². The second-order valence-corrected chi connectivity index (χ2v) is 8.92. The Morgan fingerprint density at radius 1 is 1.00 bits per heavy atom. The van der Waals surface area contributed by atoms with E-state index in [1.165, 1.54) is 12.1 Å². The Balaban J connectivity index is 2.23. The number of rotatable bonds is 11. The molecule has 0 N–H and O–H groups in total. The van der Waals surface area contributed by atoms with Gasteiger partial charge in [0.2, 0.25) is 0 Å². The van der Waals surface area contributed by atoms with Crippen molar-refractivity contribution in [2.45, 2.75) is 45.1 Å². The number of hydrogen-bond acceptors (Lipinski definition) is 4. The van der Waals surface area contributed by atoms with Crippen molar-refractivity contribution in [2.75, 3.05) is 12.5 Å². The van der Waals surface area contributed by atoms with Gasteiger partial charge in [-0.25, -0.2) is 0 Å². The van der Waals surface area contributed by atoms with Gasteiger partial charge in [0.05, 0.1) is 23.1 Å². The summed E-state index contributed by atoms with van der Waals surface area (Å²) < 4.78 is 38.0. The van der Waals surface area contributed by atoms with Crippen molar-refractivity contribution in [2.24, 2.45) is 0 Å².